The smallest absolute Gasteiger partial charge is 0.308 e. The molecule has 3 aromatic rings. The van der Waals surface area contributed by atoms with Crippen molar-refractivity contribution in [3.05, 3.63) is 59.4 Å². The molecule has 0 radical (unpaired) electrons. The van der Waals surface area contributed by atoms with Gasteiger partial charge in [0.15, 0.2) is 0 Å². The molecule has 3 atom stereocenters. The van der Waals surface area contributed by atoms with E-state index < -0.39 is 18.1 Å². The van der Waals surface area contributed by atoms with E-state index in [1.165, 1.54) is 6.20 Å². The number of benzene rings is 1. The molecular weight excluding hydrogens is 489 g/mol. The van der Waals surface area contributed by atoms with Gasteiger partial charge in [-0.1, -0.05) is 17.7 Å². The lowest BCUT2D eigenvalue weighted by atomic mass is 9.81. The molecule has 3 unspecified atom stereocenters. The summed E-state index contributed by atoms with van der Waals surface area (Å²) in [5, 5.41) is 11.7. The number of hydrogen-bond acceptors (Lipinski definition) is 6. The Morgan fingerprint density at radius 2 is 2.20 bits per heavy atom. The maximum absolute atomic E-state index is 15.5. The van der Waals surface area contributed by atoms with Crippen molar-refractivity contribution in [2.45, 2.75) is 30.5 Å². The molecule has 1 fully saturated rings. The third-order valence-corrected chi connectivity index (χ3v) is 7.85. The lowest BCUT2D eigenvalue weighted by Crippen LogP contribution is -2.44. The first kappa shape index (κ1) is 25.7. The van der Waals surface area contributed by atoms with Crippen LogP contribution in [0.2, 0.25) is 5.02 Å². The number of hydrogen-bond donors (Lipinski definition) is 1. The van der Waals surface area contributed by atoms with Gasteiger partial charge in [-0.05, 0) is 62.1 Å². The van der Waals surface area contributed by atoms with Gasteiger partial charge < -0.3 is 14.7 Å². The molecule has 2 aromatic heterocycles. The average molecular weight is 518 g/mol. The van der Waals surface area contributed by atoms with E-state index in [1.54, 1.807) is 43.3 Å². The molecule has 0 amide bonds. The van der Waals surface area contributed by atoms with Gasteiger partial charge in [0.25, 0.3) is 0 Å². The van der Waals surface area contributed by atoms with Gasteiger partial charge in [0.05, 0.1) is 28.6 Å². The monoisotopic (exact) mass is 517 g/mol. The number of thioether (sulfide) groups is 1. The number of alkyl halides is 1. The summed E-state index contributed by atoms with van der Waals surface area (Å²) in [6, 6.07) is 11.1. The first-order valence-corrected chi connectivity index (χ1v) is 13.1. The molecule has 0 aliphatic carbocycles. The summed E-state index contributed by atoms with van der Waals surface area (Å²) in [4.78, 5) is 22.8. The van der Waals surface area contributed by atoms with Gasteiger partial charge in [0.1, 0.15) is 11.9 Å². The van der Waals surface area contributed by atoms with E-state index in [2.05, 4.69) is 14.9 Å². The van der Waals surface area contributed by atoms with Crippen molar-refractivity contribution in [1.82, 2.24) is 14.9 Å². The van der Waals surface area contributed by atoms with Crippen LogP contribution >= 0.6 is 23.4 Å². The van der Waals surface area contributed by atoms with Gasteiger partial charge in [0, 0.05) is 42.2 Å². The van der Waals surface area contributed by atoms with E-state index >= 15 is 4.39 Å². The SMILES string of the molecule is COc1ccc2ncc(Cl)c(C(F)CCC3CCN(CCSc4ccccn4)CC3C(=O)O)c2c1. The molecule has 35 heavy (non-hydrogen) atoms. The molecule has 1 saturated heterocycles. The van der Waals surface area contributed by atoms with Crippen LogP contribution in [0.25, 0.3) is 10.9 Å². The highest BCUT2D eigenvalue weighted by atomic mass is 35.5. The maximum Gasteiger partial charge on any atom is 0.308 e. The Balaban J connectivity index is 1.37. The number of aromatic nitrogens is 2. The number of aliphatic carboxylic acids is 1. The minimum absolute atomic E-state index is 0.0770. The molecule has 9 heteroatoms. The molecule has 1 N–H and O–H groups in total. The summed E-state index contributed by atoms with van der Waals surface area (Å²) in [7, 11) is 1.56. The molecule has 0 saturated carbocycles. The van der Waals surface area contributed by atoms with Crippen LogP contribution in [-0.2, 0) is 4.79 Å². The second-order valence-corrected chi connectivity index (χ2v) is 10.3. The summed E-state index contributed by atoms with van der Waals surface area (Å²) in [6.45, 7) is 2.09. The normalized spacial score (nSPS) is 19.5. The minimum Gasteiger partial charge on any atom is -0.497 e. The Bertz CT molecular complexity index is 1150. The summed E-state index contributed by atoms with van der Waals surface area (Å²) in [6.07, 6.45) is 3.35. The molecule has 1 aliphatic heterocycles. The van der Waals surface area contributed by atoms with Crippen LogP contribution in [0, 0.1) is 11.8 Å². The van der Waals surface area contributed by atoms with Crippen LogP contribution in [-0.4, -0.2) is 58.4 Å². The van der Waals surface area contributed by atoms with Crippen molar-refractivity contribution in [2.75, 3.05) is 32.5 Å². The maximum atomic E-state index is 15.5. The lowest BCUT2D eigenvalue weighted by Gasteiger charge is -2.36. The zero-order chi connectivity index (χ0) is 24.8. The predicted octanol–water partition coefficient (Wildman–Crippen LogP) is 5.90. The van der Waals surface area contributed by atoms with Crippen LogP contribution < -0.4 is 4.74 Å². The lowest BCUT2D eigenvalue weighted by molar-refractivity contribution is -0.146. The van der Waals surface area contributed by atoms with Crippen LogP contribution in [0.4, 0.5) is 4.39 Å². The number of carbonyl (C=O) groups is 1. The summed E-state index contributed by atoms with van der Waals surface area (Å²) in [5.74, 6) is 0.0454. The number of piperidine rings is 1. The minimum atomic E-state index is -1.32. The highest BCUT2D eigenvalue weighted by molar-refractivity contribution is 7.99. The molecule has 3 heterocycles. The number of carboxylic acid groups (broad SMARTS) is 1. The van der Waals surface area contributed by atoms with Gasteiger partial charge in [-0.3, -0.25) is 9.78 Å². The highest BCUT2D eigenvalue weighted by Gasteiger charge is 2.34. The fourth-order valence-corrected chi connectivity index (χ4v) is 5.86. The Hall–Kier alpha value is -2.42. The fraction of sp³-hybridized carbons (Fsp3) is 0.423. The number of nitrogens with zero attached hydrogens (tertiary/aromatic N) is 3. The van der Waals surface area contributed by atoms with Crippen molar-refractivity contribution in [1.29, 1.82) is 0 Å². The van der Waals surface area contributed by atoms with E-state index in [-0.39, 0.29) is 17.4 Å². The van der Waals surface area contributed by atoms with Crippen molar-refractivity contribution in [2.24, 2.45) is 11.8 Å². The molecule has 186 valence electrons. The third kappa shape index (κ3) is 6.42. The Morgan fingerprint density at radius 3 is 2.94 bits per heavy atom. The van der Waals surface area contributed by atoms with Crippen LogP contribution in [0.15, 0.2) is 53.8 Å². The van der Waals surface area contributed by atoms with Crippen molar-refractivity contribution >= 4 is 40.2 Å². The Morgan fingerprint density at radius 1 is 1.34 bits per heavy atom. The first-order chi connectivity index (χ1) is 17.0. The average Bonchev–Trinajstić information content (AvgIpc) is 2.87. The van der Waals surface area contributed by atoms with E-state index in [9.17, 15) is 9.90 Å². The van der Waals surface area contributed by atoms with Crippen LogP contribution in [0.5, 0.6) is 5.75 Å². The van der Waals surface area contributed by atoms with Gasteiger partial charge in [-0.15, -0.1) is 11.8 Å². The van der Waals surface area contributed by atoms with Crippen LogP contribution in [0.1, 0.15) is 31.0 Å². The summed E-state index contributed by atoms with van der Waals surface area (Å²) in [5.41, 5.74) is 1.04. The Labute approximate surface area is 213 Å². The van der Waals surface area contributed by atoms with Gasteiger partial charge in [-0.25, -0.2) is 9.37 Å². The van der Waals surface area contributed by atoms with Gasteiger partial charge in [0.2, 0.25) is 0 Å². The predicted molar refractivity (Wildman–Crippen MR) is 137 cm³/mol. The van der Waals surface area contributed by atoms with Crippen molar-refractivity contribution in [3.8, 4) is 5.75 Å². The van der Waals surface area contributed by atoms with E-state index in [0.717, 1.165) is 30.3 Å². The second kappa shape index (κ2) is 12.0. The van der Waals surface area contributed by atoms with E-state index in [0.29, 0.717) is 35.2 Å². The first-order valence-electron chi connectivity index (χ1n) is 11.7. The summed E-state index contributed by atoms with van der Waals surface area (Å²) >= 11 is 8.02. The molecule has 0 bridgehead atoms. The van der Waals surface area contributed by atoms with E-state index in [4.69, 9.17) is 16.3 Å². The standard InChI is InChI=1S/C26H29ClFN3O3S/c1-34-18-6-8-23-19(14-18)25(21(27)15-30-23)22(28)7-5-17-9-11-31(16-20(17)26(32)33)12-13-35-24-4-2-3-10-29-24/h2-4,6,8,10,14-15,17,20,22H,5,7,9,11-13,16H2,1H3,(H,32,33). The largest absolute Gasteiger partial charge is 0.497 e. The number of fused-ring (bicyclic) bond motifs is 1. The number of methoxy groups -OCH3 is 1. The number of ether oxygens (including phenoxy) is 1. The van der Waals surface area contributed by atoms with Gasteiger partial charge in [-0.2, -0.15) is 0 Å². The fourth-order valence-electron chi connectivity index (χ4n) is 4.73. The highest BCUT2D eigenvalue weighted by Crippen LogP contribution is 2.38. The number of rotatable bonds is 10. The molecule has 1 aromatic carbocycles. The van der Waals surface area contributed by atoms with E-state index in [1.807, 2.05) is 18.2 Å². The summed E-state index contributed by atoms with van der Waals surface area (Å²) < 4.78 is 20.8. The van der Waals surface area contributed by atoms with Crippen molar-refractivity contribution < 1.29 is 19.0 Å². The quantitative estimate of drug-likeness (QED) is 0.336. The number of likely N-dealkylation sites (tertiary alicyclic amines) is 1. The second-order valence-electron chi connectivity index (χ2n) is 8.76. The molecule has 1 aliphatic rings. The number of pyridine rings is 2. The van der Waals surface area contributed by atoms with Crippen molar-refractivity contribution in [3.63, 3.8) is 0 Å². The third-order valence-electron chi connectivity index (χ3n) is 6.62. The molecular formula is C26H29ClFN3O3S. The Kier molecular flexibility index (Phi) is 8.81. The zero-order valence-corrected chi connectivity index (χ0v) is 21.1. The molecule has 4 rings (SSSR count). The van der Waals surface area contributed by atoms with Crippen LogP contribution in [0.3, 0.4) is 0 Å². The zero-order valence-electron chi connectivity index (χ0n) is 19.6. The molecule has 6 nitrogen and oxygen atoms in total. The topological polar surface area (TPSA) is 75.5 Å². The number of carboxylic acids is 1. The van der Waals surface area contributed by atoms with Gasteiger partial charge >= 0.3 is 5.97 Å². The number of halogens is 2. The molecule has 0 spiro atoms.